The highest BCUT2D eigenvalue weighted by Crippen LogP contribution is 2.21. The van der Waals surface area contributed by atoms with Crippen LogP contribution in [0.15, 0.2) is 12.3 Å². The summed E-state index contributed by atoms with van der Waals surface area (Å²) in [6.45, 7) is 4.65. The van der Waals surface area contributed by atoms with Crippen molar-refractivity contribution in [2.45, 2.75) is 45.7 Å². The first kappa shape index (κ1) is 20.2. The molecule has 2 atom stereocenters. The number of amides is 1. The van der Waals surface area contributed by atoms with Gasteiger partial charge in [0.25, 0.3) is 5.91 Å². The van der Waals surface area contributed by atoms with E-state index in [1.54, 1.807) is 0 Å². The molecule has 1 N–H and O–H groups in total. The van der Waals surface area contributed by atoms with Gasteiger partial charge in [-0.1, -0.05) is 6.92 Å². The number of nitrogens with zero attached hydrogens (tertiary/aromatic N) is 1. The molecule has 0 saturated carbocycles. The zero-order valence-electron chi connectivity index (χ0n) is 15.1. The van der Waals surface area contributed by atoms with Crippen molar-refractivity contribution >= 4 is 27.5 Å². The smallest absolute Gasteiger partial charge is 0.355 e. The second-order valence-electron chi connectivity index (χ2n) is 6.55. The van der Waals surface area contributed by atoms with Crippen molar-refractivity contribution in [3.05, 3.63) is 23.5 Å². The van der Waals surface area contributed by atoms with Crippen LogP contribution in [0.1, 0.15) is 54.5 Å². The van der Waals surface area contributed by atoms with Gasteiger partial charge in [-0.2, -0.15) is 0 Å². The Labute approximate surface area is 152 Å². The van der Waals surface area contributed by atoms with Crippen LogP contribution in [0.4, 0.5) is 0 Å². The van der Waals surface area contributed by atoms with E-state index in [0.717, 1.165) is 0 Å². The first-order chi connectivity index (χ1) is 12.1. The number of carbonyl (C=O) groups excluding carboxylic acids is 3. The summed E-state index contributed by atoms with van der Waals surface area (Å²) in [5.41, 5.74) is 0.433. The minimum atomic E-state index is -3.13. The van der Waals surface area contributed by atoms with E-state index in [4.69, 9.17) is 4.74 Å². The molecule has 1 fully saturated rings. The fourth-order valence-corrected chi connectivity index (χ4v) is 4.71. The largest absolute Gasteiger partial charge is 0.451 e. The van der Waals surface area contributed by atoms with Crippen molar-refractivity contribution in [3.8, 4) is 0 Å². The molecule has 9 heteroatoms. The summed E-state index contributed by atoms with van der Waals surface area (Å²) in [4.78, 5) is 40.0. The molecule has 0 aliphatic carbocycles. The number of hydrogen-bond donors (Lipinski definition) is 1. The lowest BCUT2D eigenvalue weighted by Crippen LogP contribution is -2.48. The lowest BCUT2D eigenvalue weighted by molar-refractivity contribution is -0.138. The highest BCUT2D eigenvalue weighted by Gasteiger charge is 2.36. The van der Waals surface area contributed by atoms with Gasteiger partial charge in [0, 0.05) is 23.8 Å². The third-order valence-corrected chi connectivity index (χ3v) is 6.34. The van der Waals surface area contributed by atoms with E-state index in [-0.39, 0.29) is 29.0 Å². The molecule has 0 aromatic carbocycles. The number of esters is 1. The second-order valence-corrected chi connectivity index (χ2v) is 8.78. The fourth-order valence-electron chi connectivity index (χ4n) is 3.00. The maximum absolute atomic E-state index is 12.6. The Morgan fingerprint density at radius 3 is 2.58 bits per heavy atom. The average Bonchev–Trinajstić information content (AvgIpc) is 3.19. The van der Waals surface area contributed by atoms with Gasteiger partial charge in [-0.25, -0.2) is 13.2 Å². The Kier molecular flexibility index (Phi) is 6.22. The molecule has 8 nitrogen and oxygen atoms in total. The minimum Gasteiger partial charge on any atom is -0.451 e. The van der Waals surface area contributed by atoms with Gasteiger partial charge < -0.3 is 14.6 Å². The summed E-state index contributed by atoms with van der Waals surface area (Å²) >= 11 is 0. The summed E-state index contributed by atoms with van der Waals surface area (Å²) in [6, 6.07) is 0.816. The lowest BCUT2D eigenvalue weighted by atomic mass is 10.1. The maximum Gasteiger partial charge on any atom is 0.355 e. The number of sulfone groups is 1. The van der Waals surface area contributed by atoms with Gasteiger partial charge in [0.1, 0.15) is 5.69 Å². The van der Waals surface area contributed by atoms with Crippen LogP contribution in [0.25, 0.3) is 0 Å². The fraction of sp³-hybridized carbons (Fsp3) is 0.588. The number of nitrogens with one attached hydrogen (secondary N) is 1. The van der Waals surface area contributed by atoms with Crippen LogP contribution in [-0.2, 0) is 19.4 Å². The SMILES string of the molecule is CC[C@@H](C)N(C(=O)COC(=O)c1cc(C(C)=O)c[nH]1)[C@H]1CCS(=O)(=O)C1. The number of aromatic amines is 1. The Hall–Kier alpha value is -2.16. The molecule has 144 valence electrons. The van der Waals surface area contributed by atoms with Crippen molar-refractivity contribution in [1.82, 2.24) is 9.88 Å². The van der Waals surface area contributed by atoms with E-state index in [1.807, 2.05) is 13.8 Å². The number of carbonyl (C=O) groups is 3. The molecule has 0 unspecified atom stereocenters. The molecule has 0 radical (unpaired) electrons. The van der Waals surface area contributed by atoms with E-state index in [9.17, 15) is 22.8 Å². The molecule has 1 aliphatic heterocycles. The molecule has 2 heterocycles. The Balaban J connectivity index is 2.02. The molecule has 1 aliphatic rings. The topological polar surface area (TPSA) is 114 Å². The van der Waals surface area contributed by atoms with Crippen LogP contribution in [0.5, 0.6) is 0 Å². The zero-order valence-corrected chi connectivity index (χ0v) is 16.0. The van der Waals surface area contributed by atoms with E-state index >= 15 is 0 Å². The molecule has 1 aromatic rings. The first-order valence-corrected chi connectivity index (χ1v) is 10.3. The predicted octanol–water partition coefficient (Wildman–Crippen LogP) is 1.19. The van der Waals surface area contributed by atoms with E-state index in [0.29, 0.717) is 18.4 Å². The standard InChI is InChI=1S/C17H24N2O6S/c1-4-11(2)19(14-5-6-26(23,24)10-14)16(21)9-25-17(22)15-7-13(8-18-15)12(3)20/h7-8,11,14,18H,4-6,9-10H2,1-3H3/t11-,14+/m1/s1. The molecule has 26 heavy (non-hydrogen) atoms. The molecule has 0 spiro atoms. The summed E-state index contributed by atoms with van der Waals surface area (Å²) in [5, 5.41) is 0. The summed E-state index contributed by atoms with van der Waals surface area (Å²) in [6.07, 6.45) is 2.45. The maximum atomic E-state index is 12.6. The molecule has 1 aromatic heterocycles. The number of H-pyrrole nitrogens is 1. The van der Waals surface area contributed by atoms with Crippen LogP contribution in [0.3, 0.4) is 0 Å². The van der Waals surface area contributed by atoms with Crippen LogP contribution >= 0.6 is 0 Å². The van der Waals surface area contributed by atoms with Crippen molar-refractivity contribution in [3.63, 3.8) is 0 Å². The Bertz CT molecular complexity index is 798. The van der Waals surface area contributed by atoms with E-state index in [1.165, 1.54) is 24.1 Å². The van der Waals surface area contributed by atoms with Gasteiger partial charge >= 0.3 is 5.97 Å². The molecule has 0 bridgehead atoms. The Morgan fingerprint density at radius 1 is 1.38 bits per heavy atom. The number of ketones is 1. The summed E-state index contributed by atoms with van der Waals surface area (Å²) in [7, 11) is -3.13. The molecule has 1 saturated heterocycles. The average molecular weight is 384 g/mol. The van der Waals surface area contributed by atoms with Crippen LogP contribution in [0.2, 0.25) is 0 Å². The minimum absolute atomic E-state index is 0.0599. The number of hydrogen-bond acceptors (Lipinski definition) is 6. The third kappa shape index (κ3) is 4.72. The summed E-state index contributed by atoms with van der Waals surface area (Å²) < 4.78 is 28.5. The number of aromatic nitrogens is 1. The van der Waals surface area contributed by atoms with Crippen LogP contribution in [0, 0.1) is 0 Å². The summed E-state index contributed by atoms with van der Waals surface area (Å²) in [5.74, 6) is -1.35. The monoisotopic (exact) mass is 384 g/mol. The van der Waals surface area contributed by atoms with Crippen molar-refractivity contribution in [2.75, 3.05) is 18.1 Å². The van der Waals surface area contributed by atoms with E-state index < -0.39 is 34.4 Å². The Morgan fingerprint density at radius 2 is 2.08 bits per heavy atom. The lowest BCUT2D eigenvalue weighted by Gasteiger charge is -2.33. The van der Waals surface area contributed by atoms with Crippen molar-refractivity contribution in [2.24, 2.45) is 0 Å². The normalized spacial score (nSPS) is 19.7. The van der Waals surface area contributed by atoms with Gasteiger partial charge in [-0.15, -0.1) is 0 Å². The second kappa shape index (κ2) is 8.03. The molecule has 1 amide bonds. The predicted molar refractivity (Wildman–Crippen MR) is 94.7 cm³/mol. The molecule has 2 rings (SSSR count). The van der Waals surface area contributed by atoms with Gasteiger partial charge in [0.15, 0.2) is 22.2 Å². The van der Waals surface area contributed by atoms with Gasteiger partial charge in [-0.05, 0) is 32.8 Å². The van der Waals surface area contributed by atoms with E-state index in [2.05, 4.69) is 4.98 Å². The highest BCUT2D eigenvalue weighted by molar-refractivity contribution is 7.91. The molecular weight excluding hydrogens is 360 g/mol. The first-order valence-electron chi connectivity index (χ1n) is 8.52. The van der Waals surface area contributed by atoms with Crippen LogP contribution in [-0.4, -0.2) is 66.2 Å². The molecular formula is C17H24N2O6S. The number of ether oxygens (including phenoxy) is 1. The van der Waals surface area contributed by atoms with Crippen LogP contribution < -0.4 is 0 Å². The quantitative estimate of drug-likeness (QED) is 0.558. The third-order valence-electron chi connectivity index (χ3n) is 4.59. The number of Topliss-reactive ketones (excluding diaryl/α,β-unsaturated/α-hetero) is 1. The van der Waals surface area contributed by atoms with Crippen molar-refractivity contribution < 1.29 is 27.5 Å². The number of rotatable bonds is 7. The van der Waals surface area contributed by atoms with Gasteiger partial charge in [0.05, 0.1) is 11.5 Å². The van der Waals surface area contributed by atoms with Gasteiger partial charge in [0.2, 0.25) is 0 Å². The highest BCUT2D eigenvalue weighted by atomic mass is 32.2. The van der Waals surface area contributed by atoms with Gasteiger partial charge in [-0.3, -0.25) is 9.59 Å². The van der Waals surface area contributed by atoms with Crippen molar-refractivity contribution in [1.29, 1.82) is 0 Å². The zero-order chi connectivity index (χ0) is 19.5.